The average Bonchev–Trinajstić information content (AvgIpc) is 3.13. The van der Waals surface area contributed by atoms with Crippen LogP contribution in [0.15, 0.2) is 65.4 Å². The van der Waals surface area contributed by atoms with Crippen molar-refractivity contribution < 1.29 is 0 Å². The third kappa shape index (κ3) is 2.99. The molecule has 2 heterocycles. The van der Waals surface area contributed by atoms with Gasteiger partial charge in [0.25, 0.3) is 0 Å². The molecule has 0 unspecified atom stereocenters. The summed E-state index contributed by atoms with van der Waals surface area (Å²) in [5.41, 5.74) is 4.33. The van der Waals surface area contributed by atoms with Crippen LogP contribution in [0.5, 0.6) is 0 Å². The van der Waals surface area contributed by atoms with Crippen molar-refractivity contribution >= 4 is 35.7 Å². The summed E-state index contributed by atoms with van der Waals surface area (Å²) in [5, 5.41) is 12.2. The van der Waals surface area contributed by atoms with Crippen molar-refractivity contribution in [2.45, 2.75) is 19.3 Å². The molecule has 0 aliphatic carbocycles. The SMILES string of the molecule is CN1/C(=C\C=N\n2c(-c3ccccc3Cl)n[nH]c2=S)C(C)(C)c2ccccc21. The lowest BCUT2D eigenvalue weighted by molar-refractivity contribution is 0.641. The smallest absolute Gasteiger partial charge is 0.216 e. The summed E-state index contributed by atoms with van der Waals surface area (Å²) in [6, 6.07) is 15.9. The van der Waals surface area contributed by atoms with Crippen molar-refractivity contribution in [3.05, 3.63) is 75.7 Å². The van der Waals surface area contributed by atoms with Crippen LogP contribution in [0, 0.1) is 4.77 Å². The van der Waals surface area contributed by atoms with Gasteiger partial charge in [0.1, 0.15) is 0 Å². The first-order chi connectivity index (χ1) is 13.4. The minimum absolute atomic E-state index is 0.110. The summed E-state index contributed by atoms with van der Waals surface area (Å²) in [5.74, 6) is 0.576. The van der Waals surface area contributed by atoms with Crippen LogP contribution < -0.4 is 4.90 Å². The first-order valence-corrected chi connectivity index (χ1v) is 9.70. The van der Waals surface area contributed by atoms with E-state index < -0.39 is 0 Å². The third-order valence-corrected chi connectivity index (χ3v) is 5.71. The zero-order chi connectivity index (χ0) is 19.9. The number of aromatic amines is 1. The minimum Gasteiger partial charge on any atom is -0.347 e. The summed E-state index contributed by atoms with van der Waals surface area (Å²) < 4.78 is 2.00. The Kier molecular flexibility index (Phi) is 4.69. The van der Waals surface area contributed by atoms with Crippen LogP contribution in [0.4, 0.5) is 5.69 Å². The number of benzene rings is 2. The van der Waals surface area contributed by atoms with Gasteiger partial charge in [-0.25, -0.2) is 5.10 Å². The molecule has 5 nitrogen and oxygen atoms in total. The van der Waals surface area contributed by atoms with Gasteiger partial charge < -0.3 is 4.90 Å². The van der Waals surface area contributed by atoms with Gasteiger partial charge in [-0.05, 0) is 42.1 Å². The lowest BCUT2D eigenvalue weighted by Crippen LogP contribution is -2.23. The highest BCUT2D eigenvalue weighted by molar-refractivity contribution is 7.71. The second-order valence-corrected chi connectivity index (χ2v) is 7.96. The van der Waals surface area contributed by atoms with Crippen molar-refractivity contribution in [2.75, 3.05) is 11.9 Å². The van der Waals surface area contributed by atoms with Gasteiger partial charge in [-0.15, -0.1) is 0 Å². The minimum atomic E-state index is -0.110. The molecule has 0 bridgehead atoms. The highest BCUT2D eigenvalue weighted by atomic mass is 35.5. The lowest BCUT2D eigenvalue weighted by atomic mass is 9.84. The Morgan fingerprint density at radius 3 is 2.61 bits per heavy atom. The molecule has 0 amide bonds. The maximum Gasteiger partial charge on any atom is 0.216 e. The number of H-pyrrole nitrogens is 1. The molecule has 3 aromatic rings. The number of halogens is 1. The number of likely N-dealkylation sites (N-methyl/N-ethyl adjacent to an activating group) is 1. The summed E-state index contributed by atoms with van der Waals surface area (Å²) >= 11 is 11.7. The summed E-state index contributed by atoms with van der Waals surface area (Å²) in [6.07, 6.45) is 3.77. The maximum absolute atomic E-state index is 6.31. The van der Waals surface area contributed by atoms with Crippen LogP contribution in [0.1, 0.15) is 19.4 Å². The van der Waals surface area contributed by atoms with Gasteiger partial charge in [0.2, 0.25) is 4.77 Å². The molecule has 0 saturated carbocycles. The van der Waals surface area contributed by atoms with Crippen LogP contribution in [0.25, 0.3) is 11.4 Å². The molecule has 4 rings (SSSR count). The van der Waals surface area contributed by atoms with Gasteiger partial charge in [0.15, 0.2) is 5.82 Å². The number of para-hydroxylation sites is 1. The van der Waals surface area contributed by atoms with Crippen molar-refractivity contribution in [3.8, 4) is 11.4 Å². The highest BCUT2D eigenvalue weighted by Gasteiger charge is 2.37. The van der Waals surface area contributed by atoms with Crippen LogP contribution >= 0.6 is 23.8 Å². The summed E-state index contributed by atoms with van der Waals surface area (Å²) in [4.78, 5) is 2.20. The summed E-state index contributed by atoms with van der Waals surface area (Å²) in [7, 11) is 2.08. The Balaban J connectivity index is 1.72. The van der Waals surface area contributed by atoms with E-state index in [1.54, 1.807) is 10.9 Å². The van der Waals surface area contributed by atoms with E-state index in [1.807, 2.05) is 30.3 Å². The van der Waals surface area contributed by atoms with Crippen LogP contribution in [0.3, 0.4) is 0 Å². The Morgan fingerprint density at radius 2 is 1.86 bits per heavy atom. The van der Waals surface area contributed by atoms with E-state index in [0.717, 1.165) is 11.3 Å². The molecule has 1 aliphatic heterocycles. The fourth-order valence-electron chi connectivity index (χ4n) is 3.69. The molecular formula is C21H20ClN5S. The molecule has 1 N–H and O–H groups in total. The molecule has 7 heteroatoms. The van der Waals surface area contributed by atoms with Crippen molar-refractivity contribution in [3.63, 3.8) is 0 Å². The fourth-order valence-corrected chi connectivity index (χ4v) is 4.09. The molecule has 0 spiro atoms. The molecule has 142 valence electrons. The Morgan fingerprint density at radius 1 is 1.14 bits per heavy atom. The largest absolute Gasteiger partial charge is 0.347 e. The zero-order valence-electron chi connectivity index (χ0n) is 15.8. The summed E-state index contributed by atoms with van der Waals surface area (Å²) in [6.45, 7) is 4.43. The van der Waals surface area contributed by atoms with Crippen LogP contribution in [-0.2, 0) is 5.41 Å². The molecule has 1 aliphatic rings. The lowest BCUT2D eigenvalue weighted by Gasteiger charge is -2.23. The second kappa shape index (κ2) is 7.04. The Bertz CT molecular complexity index is 1160. The Labute approximate surface area is 174 Å². The van der Waals surface area contributed by atoms with Crippen LogP contribution in [0.2, 0.25) is 5.02 Å². The van der Waals surface area contributed by atoms with E-state index in [9.17, 15) is 0 Å². The van der Waals surface area contributed by atoms with Crippen LogP contribution in [-0.4, -0.2) is 28.1 Å². The van der Waals surface area contributed by atoms with E-state index in [4.69, 9.17) is 23.8 Å². The monoisotopic (exact) mass is 409 g/mol. The maximum atomic E-state index is 6.31. The van der Waals surface area contributed by atoms with Crippen molar-refractivity contribution in [1.82, 2.24) is 14.9 Å². The van der Waals surface area contributed by atoms with Crippen molar-refractivity contribution in [2.24, 2.45) is 5.10 Å². The first-order valence-electron chi connectivity index (χ1n) is 8.92. The van der Waals surface area contributed by atoms with Gasteiger partial charge in [0.05, 0.1) is 5.02 Å². The number of anilines is 1. The number of allylic oxidation sites excluding steroid dienone is 2. The molecule has 1 aromatic heterocycles. The normalized spacial score (nSPS) is 16.9. The number of nitrogens with one attached hydrogen (secondary N) is 1. The van der Waals surface area contributed by atoms with Crippen molar-refractivity contribution in [1.29, 1.82) is 0 Å². The van der Waals surface area contributed by atoms with E-state index in [0.29, 0.717) is 15.6 Å². The molecule has 2 aromatic carbocycles. The number of nitrogens with zero attached hydrogens (tertiary/aromatic N) is 4. The number of hydrogen-bond donors (Lipinski definition) is 1. The van der Waals surface area contributed by atoms with Gasteiger partial charge in [0, 0.05) is 35.6 Å². The molecule has 28 heavy (non-hydrogen) atoms. The second-order valence-electron chi connectivity index (χ2n) is 7.16. The molecule has 0 atom stereocenters. The van der Waals surface area contributed by atoms with Gasteiger partial charge in [-0.2, -0.15) is 14.9 Å². The number of fused-ring (bicyclic) bond motifs is 1. The zero-order valence-corrected chi connectivity index (χ0v) is 17.4. The fraction of sp³-hybridized carbons (Fsp3) is 0.190. The number of hydrogen-bond acceptors (Lipinski definition) is 4. The number of rotatable bonds is 3. The topological polar surface area (TPSA) is 49.2 Å². The van der Waals surface area contributed by atoms with E-state index >= 15 is 0 Å². The van der Waals surface area contributed by atoms with Gasteiger partial charge >= 0.3 is 0 Å². The van der Waals surface area contributed by atoms with Gasteiger partial charge in [-0.3, -0.25) is 0 Å². The Hall–Kier alpha value is -2.70. The quantitative estimate of drug-likeness (QED) is 0.465. The predicted octanol–water partition coefficient (Wildman–Crippen LogP) is 5.41. The van der Waals surface area contributed by atoms with E-state index in [1.165, 1.54) is 11.3 Å². The average molecular weight is 410 g/mol. The third-order valence-electron chi connectivity index (χ3n) is 5.12. The standard InChI is InChI=1S/C21H20ClN5S/c1-21(2)15-9-5-7-11-17(15)26(3)18(21)12-13-23-27-19(24-25-20(27)28)14-8-4-6-10-16(14)22/h4-13H,1-3H3,(H,25,28)/b18-12-,23-13+. The molecular weight excluding hydrogens is 390 g/mol. The predicted molar refractivity (Wildman–Crippen MR) is 118 cm³/mol. The van der Waals surface area contributed by atoms with Gasteiger partial charge in [-0.1, -0.05) is 55.8 Å². The van der Waals surface area contributed by atoms with E-state index in [2.05, 4.69) is 65.4 Å². The van der Waals surface area contributed by atoms with E-state index in [-0.39, 0.29) is 5.41 Å². The highest BCUT2D eigenvalue weighted by Crippen LogP contribution is 2.46. The molecule has 0 fully saturated rings. The molecule has 0 radical (unpaired) electrons. The number of aromatic nitrogens is 3. The molecule has 0 saturated heterocycles. The first kappa shape index (κ1) is 18.7.